The number of alkyl halides is 1. The molecular formula is C14H20BrNO2. The van der Waals surface area contributed by atoms with Crippen molar-refractivity contribution in [1.29, 1.82) is 0 Å². The smallest absolute Gasteiger partial charge is 0.221 e. The van der Waals surface area contributed by atoms with Gasteiger partial charge < -0.3 is 9.73 Å². The van der Waals surface area contributed by atoms with Gasteiger partial charge in [-0.2, -0.15) is 0 Å². The molecule has 1 aliphatic rings. The molecule has 1 N–H and O–H groups in total. The van der Waals surface area contributed by atoms with Crippen molar-refractivity contribution >= 4 is 21.8 Å². The molecule has 0 aromatic carbocycles. The van der Waals surface area contributed by atoms with Crippen molar-refractivity contribution in [1.82, 2.24) is 5.32 Å². The Bertz CT molecular complexity index is 451. The highest BCUT2D eigenvalue weighted by atomic mass is 79.9. The number of aryl methyl sites for hydroxylation is 1. The van der Waals surface area contributed by atoms with Crippen molar-refractivity contribution in [2.75, 3.05) is 5.33 Å². The fourth-order valence-electron chi connectivity index (χ4n) is 2.67. The van der Waals surface area contributed by atoms with Crippen LogP contribution in [0.2, 0.25) is 0 Å². The third-order valence-electron chi connectivity index (χ3n) is 3.39. The molecule has 1 atom stereocenters. The van der Waals surface area contributed by atoms with Crippen LogP contribution in [0.5, 0.6) is 0 Å². The normalized spacial score (nSPS) is 21.4. The summed E-state index contributed by atoms with van der Waals surface area (Å²) in [6, 6.07) is 2.15. The summed E-state index contributed by atoms with van der Waals surface area (Å²) < 4.78 is 5.75. The van der Waals surface area contributed by atoms with Gasteiger partial charge in [-0.3, -0.25) is 4.79 Å². The van der Waals surface area contributed by atoms with E-state index in [0.29, 0.717) is 11.8 Å². The lowest BCUT2D eigenvalue weighted by Crippen LogP contribution is -2.36. The molecule has 2 rings (SSSR count). The quantitative estimate of drug-likeness (QED) is 0.868. The Labute approximate surface area is 116 Å². The van der Waals surface area contributed by atoms with E-state index in [-0.39, 0.29) is 17.4 Å². The van der Waals surface area contributed by atoms with Gasteiger partial charge in [0.05, 0.1) is 6.04 Å². The van der Waals surface area contributed by atoms with E-state index in [1.807, 2.05) is 6.92 Å². The van der Waals surface area contributed by atoms with E-state index in [0.717, 1.165) is 29.9 Å². The maximum atomic E-state index is 11.8. The number of furan rings is 1. The van der Waals surface area contributed by atoms with Crippen molar-refractivity contribution in [2.24, 2.45) is 5.41 Å². The van der Waals surface area contributed by atoms with Crippen molar-refractivity contribution in [2.45, 2.75) is 46.1 Å². The topological polar surface area (TPSA) is 42.2 Å². The first-order chi connectivity index (χ1) is 8.41. The number of hydrogen-bond acceptors (Lipinski definition) is 2. The van der Waals surface area contributed by atoms with Crippen LogP contribution in [0.1, 0.15) is 49.8 Å². The molecule has 0 fully saturated rings. The molecule has 0 radical (unpaired) electrons. The first-order valence-electron chi connectivity index (χ1n) is 6.36. The van der Waals surface area contributed by atoms with Gasteiger partial charge in [0.2, 0.25) is 5.91 Å². The first-order valence-corrected chi connectivity index (χ1v) is 7.48. The van der Waals surface area contributed by atoms with Gasteiger partial charge in [0.25, 0.3) is 0 Å². The number of rotatable bonds is 3. The van der Waals surface area contributed by atoms with Gasteiger partial charge in [0, 0.05) is 23.7 Å². The number of carbonyl (C=O) groups is 1. The summed E-state index contributed by atoms with van der Waals surface area (Å²) in [5, 5.41) is 3.82. The number of carbonyl (C=O) groups excluding carboxylic acids is 1. The number of nitrogens with one attached hydrogen (secondary N) is 1. The highest BCUT2D eigenvalue weighted by Crippen LogP contribution is 2.41. The predicted octanol–water partition coefficient (Wildman–Crippen LogP) is 3.50. The Balaban J connectivity index is 2.21. The average molecular weight is 314 g/mol. The van der Waals surface area contributed by atoms with Gasteiger partial charge in [-0.25, -0.2) is 0 Å². The molecule has 3 nitrogen and oxygen atoms in total. The first kappa shape index (κ1) is 13.7. The Hall–Kier alpha value is -0.770. The van der Waals surface area contributed by atoms with Crippen molar-refractivity contribution in [3.63, 3.8) is 0 Å². The number of amides is 1. The molecule has 1 aromatic heterocycles. The lowest BCUT2D eigenvalue weighted by molar-refractivity contribution is -0.121. The van der Waals surface area contributed by atoms with Gasteiger partial charge in [0.15, 0.2) is 0 Å². The monoisotopic (exact) mass is 313 g/mol. The number of fused-ring (bicyclic) bond motifs is 1. The number of halogens is 1. The summed E-state index contributed by atoms with van der Waals surface area (Å²) in [6.07, 6.45) is 2.43. The lowest BCUT2D eigenvalue weighted by Gasteiger charge is -2.34. The van der Waals surface area contributed by atoms with E-state index < -0.39 is 0 Å². The Morgan fingerprint density at radius 1 is 1.61 bits per heavy atom. The van der Waals surface area contributed by atoms with Crippen LogP contribution in [-0.4, -0.2) is 11.2 Å². The second-order valence-corrected chi connectivity index (χ2v) is 6.63. The zero-order valence-corrected chi connectivity index (χ0v) is 12.8. The predicted molar refractivity (Wildman–Crippen MR) is 74.8 cm³/mol. The summed E-state index contributed by atoms with van der Waals surface area (Å²) in [6.45, 7) is 6.40. The Morgan fingerprint density at radius 2 is 2.33 bits per heavy atom. The van der Waals surface area contributed by atoms with Crippen LogP contribution in [0.25, 0.3) is 0 Å². The fraction of sp³-hybridized carbons (Fsp3) is 0.643. The van der Waals surface area contributed by atoms with E-state index in [9.17, 15) is 4.79 Å². The second-order valence-electron chi connectivity index (χ2n) is 5.84. The maximum Gasteiger partial charge on any atom is 0.221 e. The molecule has 18 heavy (non-hydrogen) atoms. The minimum atomic E-state index is 0.0905. The largest absolute Gasteiger partial charge is 0.466 e. The van der Waals surface area contributed by atoms with Crippen molar-refractivity contribution in [3.8, 4) is 0 Å². The van der Waals surface area contributed by atoms with Gasteiger partial charge in [0.1, 0.15) is 11.5 Å². The minimum absolute atomic E-state index is 0.0905. The summed E-state index contributed by atoms with van der Waals surface area (Å²) in [5.41, 5.74) is 1.33. The van der Waals surface area contributed by atoms with E-state index in [4.69, 9.17) is 4.42 Å². The molecule has 0 aliphatic heterocycles. The Morgan fingerprint density at radius 3 is 3.00 bits per heavy atom. The van der Waals surface area contributed by atoms with E-state index in [1.54, 1.807) is 0 Å². The van der Waals surface area contributed by atoms with E-state index in [1.165, 1.54) is 0 Å². The molecule has 0 bridgehead atoms. The molecule has 0 saturated carbocycles. The van der Waals surface area contributed by atoms with Crippen LogP contribution in [-0.2, 0) is 11.2 Å². The zero-order valence-electron chi connectivity index (χ0n) is 11.2. The molecular weight excluding hydrogens is 294 g/mol. The standard InChI is InChI=1S/C14H20BrNO2/c1-9-6-10-11(16-13(17)4-5-15)7-14(2,3)8-12(10)18-9/h6,11H,4-5,7-8H2,1-3H3,(H,16,17). The summed E-state index contributed by atoms with van der Waals surface area (Å²) >= 11 is 3.29. The maximum absolute atomic E-state index is 11.8. The van der Waals surface area contributed by atoms with E-state index in [2.05, 4.69) is 41.2 Å². The van der Waals surface area contributed by atoms with Crippen LogP contribution in [0.15, 0.2) is 10.5 Å². The van der Waals surface area contributed by atoms with Gasteiger partial charge in [-0.15, -0.1) is 0 Å². The molecule has 1 unspecified atom stereocenters. The molecule has 0 saturated heterocycles. The third kappa shape index (κ3) is 2.97. The van der Waals surface area contributed by atoms with Crippen LogP contribution < -0.4 is 5.32 Å². The van der Waals surface area contributed by atoms with E-state index >= 15 is 0 Å². The van der Waals surface area contributed by atoms with Crippen LogP contribution in [0.3, 0.4) is 0 Å². The molecule has 1 aromatic rings. The lowest BCUT2D eigenvalue weighted by atomic mass is 9.74. The van der Waals surface area contributed by atoms with Crippen LogP contribution >= 0.6 is 15.9 Å². The second kappa shape index (κ2) is 5.08. The SMILES string of the molecule is Cc1cc2c(o1)CC(C)(C)CC2NC(=O)CCBr. The van der Waals surface area contributed by atoms with Crippen LogP contribution in [0, 0.1) is 12.3 Å². The molecule has 1 aliphatic carbocycles. The van der Waals surface area contributed by atoms with Crippen LogP contribution in [0.4, 0.5) is 0 Å². The van der Waals surface area contributed by atoms with Crippen molar-refractivity contribution in [3.05, 3.63) is 23.2 Å². The third-order valence-corrected chi connectivity index (χ3v) is 3.79. The minimum Gasteiger partial charge on any atom is -0.466 e. The molecule has 4 heteroatoms. The fourth-order valence-corrected chi connectivity index (χ4v) is 3.03. The molecule has 1 heterocycles. The average Bonchev–Trinajstić information content (AvgIpc) is 2.57. The summed E-state index contributed by atoms with van der Waals surface area (Å²) in [5.74, 6) is 2.06. The molecule has 0 spiro atoms. The molecule has 1 amide bonds. The van der Waals surface area contributed by atoms with Crippen molar-refractivity contribution < 1.29 is 9.21 Å². The summed E-state index contributed by atoms with van der Waals surface area (Å²) in [7, 11) is 0. The zero-order chi connectivity index (χ0) is 13.3. The highest BCUT2D eigenvalue weighted by molar-refractivity contribution is 9.09. The Kier molecular flexibility index (Phi) is 3.85. The highest BCUT2D eigenvalue weighted by Gasteiger charge is 2.35. The summed E-state index contributed by atoms with van der Waals surface area (Å²) in [4.78, 5) is 11.8. The van der Waals surface area contributed by atoms with Gasteiger partial charge >= 0.3 is 0 Å². The molecule has 100 valence electrons. The number of hydrogen-bond donors (Lipinski definition) is 1. The van der Waals surface area contributed by atoms with Gasteiger partial charge in [-0.1, -0.05) is 29.8 Å². The van der Waals surface area contributed by atoms with Gasteiger partial charge in [-0.05, 0) is 24.8 Å².